The molecule has 2 heterocycles. The highest BCUT2D eigenvalue weighted by atomic mass is 79.9. The average molecular weight is 271 g/mol. The zero-order valence-corrected chi connectivity index (χ0v) is 10.1. The Morgan fingerprint density at radius 1 is 1.60 bits per heavy atom. The van der Waals surface area contributed by atoms with Gasteiger partial charge in [0.1, 0.15) is 10.3 Å². The van der Waals surface area contributed by atoms with Gasteiger partial charge in [0, 0.05) is 6.54 Å². The number of amides is 1. The SMILES string of the molecule is CCN1C(=O)[C@@H](C)Oc2nc(Br)ccc21. The first-order chi connectivity index (χ1) is 7.13. The molecule has 0 spiro atoms. The van der Waals surface area contributed by atoms with Gasteiger partial charge in [0.25, 0.3) is 5.91 Å². The predicted octanol–water partition coefficient (Wildman–Crippen LogP) is 1.98. The van der Waals surface area contributed by atoms with Crippen molar-refractivity contribution in [3.8, 4) is 5.88 Å². The van der Waals surface area contributed by atoms with Crippen molar-refractivity contribution in [3.05, 3.63) is 16.7 Å². The normalized spacial score (nSPS) is 19.8. The highest BCUT2D eigenvalue weighted by Gasteiger charge is 2.31. The Kier molecular flexibility index (Phi) is 2.65. The lowest BCUT2D eigenvalue weighted by molar-refractivity contribution is -0.125. The van der Waals surface area contributed by atoms with Crippen LogP contribution in [-0.4, -0.2) is 23.5 Å². The summed E-state index contributed by atoms with van der Waals surface area (Å²) < 4.78 is 6.13. The maximum absolute atomic E-state index is 11.8. The van der Waals surface area contributed by atoms with Crippen molar-refractivity contribution >= 4 is 27.5 Å². The van der Waals surface area contributed by atoms with Crippen LogP contribution in [-0.2, 0) is 4.79 Å². The van der Waals surface area contributed by atoms with Crippen LogP contribution in [0.5, 0.6) is 5.88 Å². The van der Waals surface area contributed by atoms with Crippen LogP contribution in [0.1, 0.15) is 13.8 Å². The molecule has 0 aromatic carbocycles. The second kappa shape index (κ2) is 3.81. The van der Waals surface area contributed by atoms with E-state index < -0.39 is 6.10 Å². The van der Waals surface area contributed by atoms with E-state index in [1.54, 1.807) is 17.9 Å². The van der Waals surface area contributed by atoms with Gasteiger partial charge in [-0.3, -0.25) is 4.79 Å². The number of likely N-dealkylation sites (N-methyl/N-ethyl adjacent to an activating group) is 1. The van der Waals surface area contributed by atoms with E-state index in [0.717, 1.165) is 5.69 Å². The third-order valence-corrected chi connectivity index (χ3v) is 2.76. The number of carbonyl (C=O) groups is 1. The van der Waals surface area contributed by atoms with Gasteiger partial charge in [0.2, 0.25) is 5.88 Å². The third kappa shape index (κ3) is 1.71. The number of ether oxygens (including phenoxy) is 1. The summed E-state index contributed by atoms with van der Waals surface area (Å²) in [5.41, 5.74) is 0.740. The van der Waals surface area contributed by atoms with Crippen LogP contribution < -0.4 is 9.64 Å². The summed E-state index contributed by atoms with van der Waals surface area (Å²) in [5, 5.41) is 0. The van der Waals surface area contributed by atoms with E-state index in [0.29, 0.717) is 17.0 Å². The van der Waals surface area contributed by atoms with Crippen LogP contribution in [0.4, 0.5) is 5.69 Å². The van der Waals surface area contributed by atoms with E-state index in [1.807, 2.05) is 13.0 Å². The molecule has 0 radical (unpaired) electrons. The molecule has 0 saturated carbocycles. The van der Waals surface area contributed by atoms with Gasteiger partial charge in [0.15, 0.2) is 6.10 Å². The number of carbonyl (C=O) groups excluding carboxylic acids is 1. The third-order valence-electron chi connectivity index (χ3n) is 2.32. The number of aromatic nitrogens is 1. The quantitative estimate of drug-likeness (QED) is 0.733. The maximum Gasteiger partial charge on any atom is 0.267 e. The monoisotopic (exact) mass is 270 g/mol. The largest absolute Gasteiger partial charge is 0.463 e. The van der Waals surface area contributed by atoms with Gasteiger partial charge in [-0.25, -0.2) is 4.98 Å². The number of hydrogen-bond acceptors (Lipinski definition) is 3. The average Bonchev–Trinajstić information content (AvgIpc) is 2.20. The molecular weight excluding hydrogens is 260 g/mol. The Labute approximate surface area is 96.4 Å². The minimum atomic E-state index is -0.459. The van der Waals surface area contributed by atoms with Crippen LogP contribution in [0.15, 0.2) is 16.7 Å². The first-order valence-electron chi connectivity index (χ1n) is 4.78. The van der Waals surface area contributed by atoms with E-state index in [2.05, 4.69) is 20.9 Å². The number of hydrogen-bond donors (Lipinski definition) is 0. The first kappa shape index (κ1) is 10.4. The van der Waals surface area contributed by atoms with Gasteiger partial charge < -0.3 is 9.64 Å². The summed E-state index contributed by atoms with van der Waals surface area (Å²) in [6.45, 7) is 4.29. The lowest BCUT2D eigenvalue weighted by Crippen LogP contribution is -2.44. The van der Waals surface area contributed by atoms with Gasteiger partial charge in [-0.1, -0.05) is 0 Å². The number of fused-ring (bicyclic) bond motifs is 1. The molecule has 4 nitrogen and oxygen atoms in total. The molecular formula is C10H11BrN2O2. The second-order valence-corrected chi connectivity index (χ2v) is 4.11. The number of anilines is 1. The fraction of sp³-hybridized carbons (Fsp3) is 0.400. The molecule has 1 aliphatic heterocycles. The molecule has 80 valence electrons. The standard InChI is InChI=1S/C10H11BrN2O2/c1-3-13-7-4-5-8(11)12-9(7)15-6(2)10(13)14/h4-6H,3H2,1-2H3/t6-/m1/s1. The molecule has 15 heavy (non-hydrogen) atoms. The van der Waals surface area contributed by atoms with Crippen molar-refractivity contribution in [1.82, 2.24) is 4.98 Å². The number of nitrogens with zero attached hydrogens (tertiary/aromatic N) is 2. The van der Waals surface area contributed by atoms with Crippen molar-refractivity contribution in [2.24, 2.45) is 0 Å². The van der Waals surface area contributed by atoms with Crippen LogP contribution in [0, 0.1) is 0 Å². The fourth-order valence-corrected chi connectivity index (χ4v) is 1.88. The molecule has 1 aliphatic rings. The minimum Gasteiger partial charge on any atom is -0.463 e. The Morgan fingerprint density at radius 2 is 2.33 bits per heavy atom. The molecule has 2 rings (SSSR count). The minimum absolute atomic E-state index is 0.0193. The van der Waals surface area contributed by atoms with Crippen LogP contribution in [0.2, 0.25) is 0 Å². The molecule has 0 bridgehead atoms. The number of pyridine rings is 1. The summed E-state index contributed by atoms with van der Waals surface area (Å²) in [6.07, 6.45) is -0.459. The lowest BCUT2D eigenvalue weighted by Gasteiger charge is -2.31. The highest BCUT2D eigenvalue weighted by Crippen LogP contribution is 2.33. The molecule has 1 atom stereocenters. The summed E-state index contributed by atoms with van der Waals surface area (Å²) >= 11 is 3.27. The van der Waals surface area contributed by atoms with Crippen molar-refractivity contribution in [3.63, 3.8) is 0 Å². The smallest absolute Gasteiger partial charge is 0.267 e. The van der Waals surface area contributed by atoms with E-state index in [4.69, 9.17) is 4.74 Å². The van der Waals surface area contributed by atoms with E-state index in [9.17, 15) is 4.79 Å². The van der Waals surface area contributed by atoms with Crippen LogP contribution in [0.3, 0.4) is 0 Å². The Balaban J connectivity index is 2.49. The van der Waals surface area contributed by atoms with Crippen LogP contribution >= 0.6 is 15.9 Å². The molecule has 0 N–H and O–H groups in total. The van der Waals surface area contributed by atoms with Gasteiger partial charge >= 0.3 is 0 Å². The summed E-state index contributed by atoms with van der Waals surface area (Å²) in [6, 6.07) is 3.63. The van der Waals surface area contributed by atoms with E-state index in [1.165, 1.54) is 0 Å². The Hall–Kier alpha value is -1.10. The second-order valence-electron chi connectivity index (χ2n) is 3.30. The van der Waals surface area contributed by atoms with Crippen molar-refractivity contribution < 1.29 is 9.53 Å². The van der Waals surface area contributed by atoms with E-state index >= 15 is 0 Å². The molecule has 0 fully saturated rings. The van der Waals surface area contributed by atoms with Gasteiger partial charge in [0.05, 0.1) is 0 Å². The zero-order valence-electron chi connectivity index (χ0n) is 8.53. The van der Waals surface area contributed by atoms with Gasteiger partial charge in [-0.2, -0.15) is 0 Å². The van der Waals surface area contributed by atoms with Crippen molar-refractivity contribution in [2.75, 3.05) is 11.4 Å². The summed E-state index contributed by atoms with van der Waals surface area (Å²) in [4.78, 5) is 17.6. The molecule has 1 aromatic heterocycles. The molecule has 0 saturated heterocycles. The summed E-state index contributed by atoms with van der Waals surface area (Å²) in [5.74, 6) is 0.493. The predicted molar refractivity (Wildman–Crippen MR) is 60.1 cm³/mol. The number of rotatable bonds is 1. The van der Waals surface area contributed by atoms with Crippen LogP contribution in [0.25, 0.3) is 0 Å². The Morgan fingerprint density at radius 3 is 3.00 bits per heavy atom. The molecule has 5 heteroatoms. The summed E-state index contributed by atoms with van der Waals surface area (Å²) in [7, 11) is 0. The number of halogens is 1. The topological polar surface area (TPSA) is 42.4 Å². The van der Waals surface area contributed by atoms with E-state index in [-0.39, 0.29) is 5.91 Å². The zero-order chi connectivity index (χ0) is 11.0. The Bertz CT molecular complexity index is 408. The lowest BCUT2D eigenvalue weighted by atomic mass is 10.2. The van der Waals surface area contributed by atoms with Crippen molar-refractivity contribution in [1.29, 1.82) is 0 Å². The van der Waals surface area contributed by atoms with Gasteiger partial charge in [-0.05, 0) is 41.9 Å². The maximum atomic E-state index is 11.8. The van der Waals surface area contributed by atoms with Crippen molar-refractivity contribution in [2.45, 2.75) is 20.0 Å². The first-order valence-corrected chi connectivity index (χ1v) is 5.57. The molecule has 1 aromatic rings. The highest BCUT2D eigenvalue weighted by molar-refractivity contribution is 9.10. The molecule has 0 unspecified atom stereocenters. The molecule has 0 aliphatic carbocycles. The fourth-order valence-electron chi connectivity index (χ4n) is 1.58. The molecule has 1 amide bonds. The van der Waals surface area contributed by atoms with Gasteiger partial charge in [-0.15, -0.1) is 0 Å².